The predicted octanol–water partition coefficient (Wildman–Crippen LogP) is 3.88. The van der Waals surface area contributed by atoms with Gasteiger partial charge in [-0.15, -0.1) is 0 Å². The van der Waals surface area contributed by atoms with Gasteiger partial charge in [0.15, 0.2) is 5.65 Å². The Balaban J connectivity index is 1.88. The highest BCUT2D eigenvalue weighted by Crippen LogP contribution is 2.20. The second-order valence-corrected chi connectivity index (χ2v) is 6.09. The van der Waals surface area contributed by atoms with E-state index in [-0.39, 0.29) is 11.9 Å². The van der Waals surface area contributed by atoms with Crippen LogP contribution in [0, 0.1) is 13.8 Å². The van der Waals surface area contributed by atoms with Gasteiger partial charge in [-0.3, -0.25) is 4.79 Å². The number of nitrogens with one attached hydrogen (secondary N) is 1. The summed E-state index contributed by atoms with van der Waals surface area (Å²) in [5.74, 6) is -0.125. The summed E-state index contributed by atoms with van der Waals surface area (Å²) in [6, 6.07) is 7.94. The molecule has 1 aromatic carbocycles. The third-order valence-electron chi connectivity index (χ3n) is 3.81. The molecule has 0 aliphatic carbocycles. The maximum atomic E-state index is 12.4. The zero-order chi connectivity index (χ0) is 16.6. The first-order valence-electron chi connectivity index (χ1n) is 7.67. The molecular weight excluding hydrogens is 288 g/mol. The van der Waals surface area contributed by atoms with E-state index in [0.717, 1.165) is 22.2 Å². The molecule has 0 aliphatic rings. The number of aryl methyl sites for hydroxylation is 2. The maximum Gasteiger partial charge on any atom is 0.255 e. The number of hydrogen-bond acceptors (Lipinski definition) is 3. The summed E-state index contributed by atoms with van der Waals surface area (Å²) in [4.78, 5) is 16.9. The molecule has 5 heteroatoms. The Morgan fingerprint density at radius 2 is 1.96 bits per heavy atom. The number of nitrogens with zero attached hydrogens (tertiary/aromatic N) is 3. The molecule has 2 aromatic heterocycles. The van der Waals surface area contributed by atoms with E-state index < -0.39 is 0 Å². The molecule has 0 radical (unpaired) electrons. The van der Waals surface area contributed by atoms with Gasteiger partial charge in [-0.05, 0) is 45.4 Å². The molecule has 1 amide bonds. The summed E-state index contributed by atoms with van der Waals surface area (Å²) in [5.41, 5.74) is 4.27. The number of carbonyl (C=O) groups excluding carboxylic acids is 1. The first-order valence-corrected chi connectivity index (χ1v) is 7.67. The van der Waals surface area contributed by atoms with Gasteiger partial charge in [-0.2, -0.15) is 5.10 Å². The number of aromatic nitrogens is 3. The van der Waals surface area contributed by atoms with Crippen molar-refractivity contribution in [3.05, 3.63) is 53.3 Å². The summed E-state index contributed by atoms with van der Waals surface area (Å²) < 4.78 is 1.87. The Labute approximate surface area is 135 Å². The number of fused-ring (bicyclic) bond motifs is 1. The SMILES string of the molecule is Cc1ccc(C(=O)Nc2cnc3c(cnn3C(C)C)c2)c(C)c1. The van der Waals surface area contributed by atoms with Crippen molar-refractivity contribution in [1.29, 1.82) is 0 Å². The number of benzene rings is 1. The van der Waals surface area contributed by atoms with E-state index in [2.05, 4.69) is 29.2 Å². The molecule has 2 heterocycles. The lowest BCUT2D eigenvalue weighted by molar-refractivity contribution is 0.102. The Bertz CT molecular complexity index is 880. The molecule has 0 bridgehead atoms. The molecule has 0 unspecified atom stereocenters. The van der Waals surface area contributed by atoms with Crippen molar-refractivity contribution in [2.24, 2.45) is 0 Å². The zero-order valence-corrected chi connectivity index (χ0v) is 13.8. The van der Waals surface area contributed by atoms with Crippen LogP contribution in [0.4, 0.5) is 5.69 Å². The number of carbonyl (C=O) groups is 1. The van der Waals surface area contributed by atoms with Gasteiger partial charge in [-0.25, -0.2) is 9.67 Å². The lowest BCUT2D eigenvalue weighted by Crippen LogP contribution is -2.13. The minimum Gasteiger partial charge on any atom is -0.321 e. The van der Waals surface area contributed by atoms with Gasteiger partial charge in [0.05, 0.1) is 18.1 Å². The van der Waals surface area contributed by atoms with Crippen LogP contribution in [0.25, 0.3) is 11.0 Å². The molecule has 0 spiro atoms. The molecule has 1 N–H and O–H groups in total. The van der Waals surface area contributed by atoms with Gasteiger partial charge in [0.1, 0.15) is 0 Å². The number of amides is 1. The minimum absolute atomic E-state index is 0.125. The van der Waals surface area contributed by atoms with Crippen LogP contribution in [-0.2, 0) is 0 Å². The third-order valence-corrected chi connectivity index (χ3v) is 3.81. The molecule has 0 atom stereocenters. The van der Waals surface area contributed by atoms with Gasteiger partial charge in [-0.1, -0.05) is 17.7 Å². The molecule has 3 rings (SSSR count). The van der Waals surface area contributed by atoms with Crippen LogP contribution in [0.1, 0.15) is 41.4 Å². The van der Waals surface area contributed by atoms with E-state index in [1.54, 1.807) is 12.4 Å². The van der Waals surface area contributed by atoms with E-state index in [9.17, 15) is 4.79 Å². The zero-order valence-electron chi connectivity index (χ0n) is 13.8. The van der Waals surface area contributed by atoms with Crippen LogP contribution < -0.4 is 5.32 Å². The normalized spacial score (nSPS) is 11.2. The van der Waals surface area contributed by atoms with Crippen molar-refractivity contribution in [3.63, 3.8) is 0 Å². The van der Waals surface area contributed by atoms with Crippen LogP contribution in [0.15, 0.2) is 36.7 Å². The Morgan fingerprint density at radius 1 is 1.17 bits per heavy atom. The van der Waals surface area contributed by atoms with Gasteiger partial charge in [0, 0.05) is 17.0 Å². The van der Waals surface area contributed by atoms with E-state index in [1.165, 1.54) is 0 Å². The summed E-state index contributed by atoms with van der Waals surface area (Å²) in [6.45, 7) is 8.07. The van der Waals surface area contributed by atoms with E-state index >= 15 is 0 Å². The van der Waals surface area contributed by atoms with Crippen LogP contribution in [0.3, 0.4) is 0 Å². The first kappa shape index (κ1) is 15.2. The molecule has 5 nitrogen and oxygen atoms in total. The monoisotopic (exact) mass is 308 g/mol. The van der Waals surface area contributed by atoms with Crippen LogP contribution in [0.5, 0.6) is 0 Å². The average Bonchev–Trinajstić information content (AvgIpc) is 2.90. The molecular formula is C18H20N4O. The van der Waals surface area contributed by atoms with E-state index in [4.69, 9.17) is 0 Å². The summed E-state index contributed by atoms with van der Waals surface area (Å²) in [5, 5.41) is 8.16. The number of rotatable bonds is 3. The molecule has 0 saturated heterocycles. The lowest BCUT2D eigenvalue weighted by atomic mass is 10.1. The quantitative estimate of drug-likeness (QED) is 0.798. The summed E-state index contributed by atoms with van der Waals surface area (Å²) in [6.07, 6.45) is 3.44. The fourth-order valence-electron chi connectivity index (χ4n) is 2.65. The van der Waals surface area contributed by atoms with Crippen molar-refractivity contribution in [2.75, 3.05) is 5.32 Å². The highest BCUT2D eigenvalue weighted by atomic mass is 16.1. The molecule has 23 heavy (non-hydrogen) atoms. The standard InChI is InChI=1S/C18H20N4O/c1-11(2)22-17-14(9-20-22)8-15(10-19-17)21-18(23)16-6-5-12(3)7-13(16)4/h5-11H,1-4H3,(H,21,23). The minimum atomic E-state index is -0.125. The smallest absolute Gasteiger partial charge is 0.255 e. The number of pyridine rings is 1. The molecule has 0 saturated carbocycles. The molecule has 0 aliphatic heterocycles. The van der Waals surface area contributed by atoms with Crippen molar-refractivity contribution >= 4 is 22.6 Å². The van der Waals surface area contributed by atoms with E-state index in [0.29, 0.717) is 11.3 Å². The van der Waals surface area contributed by atoms with Crippen LogP contribution in [0.2, 0.25) is 0 Å². The number of anilines is 1. The number of hydrogen-bond donors (Lipinski definition) is 1. The fraction of sp³-hybridized carbons (Fsp3) is 0.278. The predicted molar refractivity (Wildman–Crippen MR) is 91.8 cm³/mol. The van der Waals surface area contributed by atoms with Crippen molar-refractivity contribution in [1.82, 2.24) is 14.8 Å². The maximum absolute atomic E-state index is 12.4. The van der Waals surface area contributed by atoms with Crippen molar-refractivity contribution in [3.8, 4) is 0 Å². The Morgan fingerprint density at radius 3 is 2.65 bits per heavy atom. The topological polar surface area (TPSA) is 59.8 Å². The highest BCUT2D eigenvalue weighted by Gasteiger charge is 2.12. The Hall–Kier alpha value is -2.69. The third kappa shape index (κ3) is 2.95. The van der Waals surface area contributed by atoms with Gasteiger partial charge in [0.2, 0.25) is 0 Å². The highest BCUT2D eigenvalue weighted by molar-refractivity contribution is 6.05. The summed E-state index contributed by atoms with van der Waals surface area (Å²) >= 11 is 0. The van der Waals surface area contributed by atoms with Gasteiger partial charge in [0.25, 0.3) is 5.91 Å². The van der Waals surface area contributed by atoms with Crippen LogP contribution in [-0.4, -0.2) is 20.7 Å². The van der Waals surface area contributed by atoms with Crippen molar-refractivity contribution < 1.29 is 4.79 Å². The largest absolute Gasteiger partial charge is 0.321 e. The fourth-order valence-corrected chi connectivity index (χ4v) is 2.65. The van der Waals surface area contributed by atoms with Crippen molar-refractivity contribution in [2.45, 2.75) is 33.7 Å². The molecule has 3 aromatic rings. The second kappa shape index (κ2) is 5.83. The van der Waals surface area contributed by atoms with Gasteiger partial charge >= 0.3 is 0 Å². The second-order valence-electron chi connectivity index (χ2n) is 6.09. The van der Waals surface area contributed by atoms with Gasteiger partial charge < -0.3 is 5.32 Å². The molecule has 118 valence electrons. The van der Waals surface area contributed by atoms with Crippen LogP contribution >= 0.6 is 0 Å². The molecule has 0 fully saturated rings. The van der Waals surface area contributed by atoms with E-state index in [1.807, 2.05) is 42.8 Å². The Kier molecular flexibility index (Phi) is 3.86. The summed E-state index contributed by atoms with van der Waals surface area (Å²) in [7, 11) is 0. The lowest BCUT2D eigenvalue weighted by Gasteiger charge is -2.09. The average molecular weight is 308 g/mol. The first-order chi connectivity index (χ1) is 11.0.